The van der Waals surface area contributed by atoms with Crippen LogP contribution >= 0.6 is 7.92 Å². The van der Waals surface area contributed by atoms with Crippen LogP contribution in [0.15, 0.2) is 187 Å². The van der Waals surface area contributed by atoms with E-state index in [4.69, 9.17) is 9.73 Å². The molecule has 1 aliphatic heterocycles. The number of aliphatic imine (C=N–C) groups is 1. The molecule has 1 radical (unpaired) electrons. The van der Waals surface area contributed by atoms with Gasteiger partial charge in [-0.05, 0) is 136 Å². The van der Waals surface area contributed by atoms with E-state index in [9.17, 15) is 105 Å². The minimum atomic E-state index is -6.78. The normalized spacial score (nSPS) is 21.1. The Hall–Kier alpha value is -7.05. The maximum atomic E-state index is 14.9. The Morgan fingerprint density at radius 2 is 0.650 bits per heavy atom. The molecule has 0 saturated heterocycles. The molecule has 2 nitrogen and oxygen atoms in total. The van der Waals surface area contributed by atoms with Crippen LogP contribution in [0.3, 0.4) is 0 Å². The molecule has 7 aromatic carbocycles. The van der Waals surface area contributed by atoms with Gasteiger partial charge in [0.2, 0.25) is 0 Å². The van der Waals surface area contributed by atoms with Gasteiger partial charge in [0.15, 0.2) is 5.90 Å². The zero-order chi connectivity index (χ0) is 72.1. The Balaban J connectivity index is 0.000000226. The third-order valence-electron chi connectivity index (χ3n) is 18.6. The Labute approximate surface area is 572 Å². The second-order valence-corrected chi connectivity index (χ2v) is 27.4. The van der Waals surface area contributed by atoms with Crippen LogP contribution in [0.1, 0.15) is 120 Å². The summed E-state index contributed by atoms with van der Waals surface area (Å²) in [5.74, 6) is 3.84. The van der Waals surface area contributed by atoms with Crippen LogP contribution in [0.2, 0.25) is 0 Å². The molecule has 0 unspecified atom stereocenters. The molecule has 0 aromatic heterocycles. The standard InChI is InChI=1S/C32H12BF24.C31H32NOP.C8H12.Ir/c34-25(35,36)13-1-5-17(29(46,47)48)21(9-13)33(22-10-14(26(37,38)39)2-6-18(22)30(49,50)51,23-11-15(27(40,41)42)3-7-19(23)31(52,53)54)24-12-16(28(43,44)45)4-8-20(24)32(55,56)57;1-3-9-25(10-4-1)34(26-11-5-2-6-12-26)29-14-8-7-13-27(29)28-21-33-30(32-28)31-18-22-15-23(19-31)17-24(16-22)20-31;1-2-4-6-8-7-5-3-1;/h1-12H;1-14,22-24,28H,15-21H2;1-2,7-8H,3-6H2;/q-1;;;/b;;2-1-,8-7-;/t;22?,23?,24?,28-,31?;;/m.0../s1. The SMILES string of the molecule is C1=C\CC/C=C\CC/1.FC(F)(F)c1ccc(C(F)(F)F)c([B-](c2cc(C(F)(F)F)ccc2C(F)(F)F)(c2cc(C(F)(F)F)ccc2C(F)(F)F)c2cc(C(F)(F)F)ccc2C(F)(F)F)c1.[Ir].c1ccc(P(c2ccccc2)c2ccccc2[C@@H]2COC(C34CC5CC(CC(C5)C3)C4)=N2)cc1. The summed E-state index contributed by atoms with van der Waals surface area (Å²) in [6.45, 7) is 0.695. The molecular weight excluding hydrogens is 1570 g/mol. The Bertz CT molecular complexity index is 3700. The Morgan fingerprint density at radius 3 is 0.940 bits per heavy atom. The third-order valence-corrected chi connectivity index (χ3v) is 21.2. The van der Waals surface area contributed by atoms with E-state index in [0.717, 1.165) is 23.7 Å². The molecule has 4 bridgehead atoms. The number of ether oxygens (including phenoxy) is 1. The molecular formula is C71H56BF24IrNOP-. The third kappa shape index (κ3) is 16.7. The topological polar surface area (TPSA) is 21.6 Å². The van der Waals surface area contributed by atoms with Gasteiger partial charge in [0.1, 0.15) is 18.8 Å². The molecule has 0 spiro atoms. The molecule has 29 heteroatoms. The summed E-state index contributed by atoms with van der Waals surface area (Å²) in [5.41, 5.74) is -32.9. The van der Waals surface area contributed by atoms with Gasteiger partial charge in [0.05, 0.1) is 22.3 Å². The largest absolute Gasteiger partial charge is 0.478 e. The molecule has 4 saturated carbocycles. The van der Waals surface area contributed by atoms with Crippen LogP contribution < -0.4 is 37.8 Å². The first-order valence-electron chi connectivity index (χ1n) is 30.9. The molecule has 13 rings (SSSR count). The fourth-order valence-electron chi connectivity index (χ4n) is 15.0. The van der Waals surface area contributed by atoms with Crippen LogP contribution in [0, 0.1) is 23.2 Å². The molecule has 6 aliphatic rings. The number of nitrogens with zero attached hydrogens (tertiary/aromatic N) is 1. The van der Waals surface area contributed by atoms with Gasteiger partial charge in [-0.3, -0.25) is 0 Å². The molecule has 7 aromatic rings. The van der Waals surface area contributed by atoms with E-state index >= 15 is 0 Å². The first kappa shape index (κ1) is 77.1. The van der Waals surface area contributed by atoms with Crippen molar-refractivity contribution in [2.45, 2.75) is 120 Å². The summed E-state index contributed by atoms with van der Waals surface area (Å²) in [7, 11) is -0.649. The zero-order valence-corrected chi connectivity index (χ0v) is 55.0. The van der Waals surface area contributed by atoms with Crippen molar-refractivity contribution >= 4 is 57.7 Å². The van der Waals surface area contributed by atoms with Gasteiger partial charge in [-0.15, -0.1) is 0 Å². The fourth-order valence-corrected chi connectivity index (χ4v) is 17.5. The first-order valence-corrected chi connectivity index (χ1v) is 32.3. The van der Waals surface area contributed by atoms with Crippen LogP contribution in [0.25, 0.3) is 0 Å². The number of hydrogen-bond donors (Lipinski definition) is 0. The van der Waals surface area contributed by atoms with E-state index in [1.54, 1.807) is 0 Å². The van der Waals surface area contributed by atoms with Crippen LogP contribution in [-0.2, 0) is 74.3 Å². The van der Waals surface area contributed by atoms with Crippen molar-refractivity contribution < 1.29 is 130 Å². The fraction of sp³-hybridized carbons (Fsp3) is 0.338. The van der Waals surface area contributed by atoms with E-state index in [-0.39, 0.29) is 31.6 Å². The maximum absolute atomic E-state index is 14.9. The van der Waals surface area contributed by atoms with Gasteiger partial charge >= 0.3 is 49.4 Å². The summed E-state index contributed by atoms with van der Waals surface area (Å²) < 4.78 is 356. The van der Waals surface area contributed by atoms with Gasteiger partial charge in [-0.1, -0.05) is 158 Å². The zero-order valence-electron chi connectivity index (χ0n) is 51.7. The number of hydrogen-bond acceptors (Lipinski definition) is 2. The smallest absolute Gasteiger partial charge is 0.416 e. The van der Waals surface area contributed by atoms with Crippen molar-refractivity contribution in [3.05, 3.63) is 232 Å². The predicted octanol–water partition coefficient (Wildman–Crippen LogP) is 20.0. The van der Waals surface area contributed by atoms with Crippen molar-refractivity contribution in [1.29, 1.82) is 0 Å². The number of allylic oxidation sites excluding steroid dienone is 4. The van der Waals surface area contributed by atoms with Gasteiger partial charge in [0, 0.05) is 47.8 Å². The minimum Gasteiger partial charge on any atom is -0.478 e. The van der Waals surface area contributed by atoms with Gasteiger partial charge in [-0.25, -0.2) is 4.99 Å². The van der Waals surface area contributed by atoms with E-state index < -0.39 is 203 Å². The first-order chi connectivity index (χ1) is 46.1. The van der Waals surface area contributed by atoms with Crippen LogP contribution in [-0.4, -0.2) is 18.7 Å². The molecule has 4 fully saturated rings. The van der Waals surface area contributed by atoms with Gasteiger partial charge in [0.25, 0.3) is 0 Å². The Kier molecular flexibility index (Phi) is 22.4. The van der Waals surface area contributed by atoms with Gasteiger partial charge < -0.3 is 4.74 Å². The summed E-state index contributed by atoms with van der Waals surface area (Å²) in [6.07, 6.45) is -35.0. The monoisotopic (exact) mass is 1630 g/mol. The minimum absolute atomic E-state index is 0. The summed E-state index contributed by atoms with van der Waals surface area (Å²) in [6, 6.07) is 20.9. The maximum Gasteiger partial charge on any atom is 0.416 e. The molecule has 0 N–H and O–H groups in total. The van der Waals surface area contributed by atoms with Crippen LogP contribution in [0.5, 0.6) is 0 Å². The Morgan fingerprint density at radius 1 is 0.360 bits per heavy atom. The van der Waals surface area contributed by atoms with Crippen molar-refractivity contribution in [2.75, 3.05) is 6.61 Å². The summed E-state index contributed by atoms with van der Waals surface area (Å²) in [5, 5.41) is 4.19. The quantitative estimate of drug-likeness (QED) is 0.0611. The molecule has 5 aliphatic carbocycles. The average molecular weight is 1630 g/mol. The summed E-state index contributed by atoms with van der Waals surface area (Å²) >= 11 is 0. The van der Waals surface area contributed by atoms with E-state index in [2.05, 4.69) is 109 Å². The second kappa shape index (κ2) is 29.0. The van der Waals surface area contributed by atoms with Gasteiger partial charge in [-0.2, -0.15) is 127 Å². The number of benzene rings is 7. The number of alkyl halides is 24. The van der Waals surface area contributed by atoms with Crippen LogP contribution in [0.4, 0.5) is 105 Å². The molecule has 0 amide bonds. The average Bonchev–Trinajstić information content (AvgIpc) is 0.817. The van der Waals surface area contributed by atoms with Crippen molar-refractivity contribution in [3.63, 3.8) is 0 Å². The molecule has 1 atom stereocenters. The van der Waals surface area contributed by atoms with Crippen molar-refractivity contribution in [1.82, 2.24) is 0 Å². The summed E-state index contributed by atoms with van der Waals surface area (Å²) in [4.78, 5) is 5.38. The van der Waals surface area contributed by atoms with Crippen molar-refractivity contribution in [2.24, 2.45) is 28.2 Å². The van der Waals surface area contributed by atoms with E-state index in [0.29, 0.717) is 6.61 Å². The number of rotatable bonds is 9. The molecule has 537 valence electrons. The van der Waals surface area contributed by atoms with Crippen molar-refractivity contribution in [3.8, 4) is 0 Å². The molecule has 1 heterocycles. The second-order valence-electron chi connectivity index (χ2n) is 25.2. The molecule has 100 heavy (non-hydrogen) atoms. The van der Waals surface area contributed by atoms with E-state index in [1.807, 2.05) is 0 Å². The number of halogens is 24. The van der Waals surface area contributed by atoms with E-state index in [1.165, 1.54) is 85.7 Å². The predicted molar refractivity (Wildman–Crippen MR) is 329 cm³/mol.